The number of furan rings is 1. The Labute approximate surface area is 208 Å². The van der Waals surface area contributed by atoms with E-state index >= 15 is 0 Å². The molecule has 3 aromatic rings. The van der Waals surface area contributed by atoms with Gasteiger partial charge in [0, 0.05) is 23.3 Å². The maximum Gasteiger partial charge on any atom is 0.339 e. The quantitative estimate of drug-likeness (QED) is 0.165. The van der Waals surface area contributed by atoms with Crippen LogP contribution in [-0.4, -0.2) is 33.5 Å². The summed E-state index contributed by atoms with van der Waals surface area (Å²) in [5.41, 5.74) is 0.847. The van der Waals surface area contributed by atoms with Gasteiger partial charge in [0.1, 0.15) is 11.5 Å². The van der Waals surface area contributed by atoms with Gasteiger partial charge in [-0.25, -0.2) is 4.79 Å². The number of carbonyl (C=O) groups excluding carboxylic acids is 3. The lowest BCUT2D eigenvalue weighted by molar-refractivity contribution is -0.385. The van der Waals surface area contributed by atoms with Crippen LogP contribution in [0, 0.1) is 10.1 Å². The Kier molecular flexibility index (Phi) is 7.04. The van der Waals surface area contributed by atoms with Crippen LogP contribution in [0.2, 0.25) is 5.02 Å². The third-order valence-electron chi connectivity index (χ3n) is 5.04. The van der Waals surface area contributed by atoms with E-state index in [9.17, 15) is 24.5 Å². The van der Waals surface area contributed by atoms with Gasteiger partial charge in [-0.15, -0.1) is 0 Å². The molecular weight excluding hydrogens is 496 g/mol. The first-order valence-electron chi connectivity index (χ1n) is 10.3. The van der Waals surface area contributed by atoms with E-state index in [-0.39, 0.29) is 39.9 Å². The van der Waals surface area contributed by atoms with Crippen LogP contribution in [0.25, 0.3) is 17.4 Å². The van der Waals surface area contributed by atoms with Crippen molar-refractivity contribution in [3.63, 3.8) is 0 Å². The normalized spacial score (nSPS) is 14.6. The lowest BCUT2D eigenvalue weighted by Crippen LogP contribution is -2.27. The van der Waals surface area contributed by atoms with Crippen molar-refractivity contribution in [2.45, 2.75) is 13.5 Å². The molecule has 0 atom stereocenters. The molecule has 1 aliphatic rings. The van der Waals surface area contributed by atoms with E-state index in [2.05, 4.69) is 0 Å². The SMILES string of the molecule is CCOC(=O)c1cc(-c2ccc(/C=C3/SC(=O)N(Cc4ccccc4[N+](=O)[O-])C3=O)o2)ccc1Cl. The maximum atomic E-state index is 12.8. The van der Waals surface area contributed by atoms with Crippen molar-refractivity contribution >= 4 is 52.2 Å². The molecule has 1 aliphatic heterocycles. The number of rotatable bonds is 7. The van der Waals surface area contributed by atoms with Crippen LogP contribution in [0.15, 0.2) is 63.9 Å². The number of nitrogens with zero attached hydrogens (tertiary/aromatic N) is 2. The molecule has 11 heteroatoms. The molecule has 1 aromatic heterocycles. The molecule has 1 fully saturated rings. The fourth-order valence-electron chi connectivity index (χ4n) is 3.39. The largest absolute Gasteiger partial charge is 0.462 e. The lowest BCUT2D eigenvalue weighted by atomic mass is 10.1. The standard InChI is InChI=1S/C24H17ClN2O7S/c1-2-33-23(29)17-11-14(7-9-18(17)25)20-10-8-16(34-20)12-21-22(28)26(24(30)35-21)13-15-5-3-4-6-19(15)27(31)32/h3-12H,2,13H2,1H3/b21-12+. The summed E-state index contributed by atoms with van der Waals surface area (Å²) in [6, 6.07) is 14.0. The van der Waals surface area contributed by atoms with E-state index in [1.54, 1.807) is 43.3 Å². The molecular formula is C24H17ClN2O7S. The van der Waals surface area contributed by atoms with Crippen LogP contribution in [-0.2, 0) is 16.1 Å². The van der Waals surface area contributed by atoms with Crippen LogP contribution in [0.1, 0.15) is 28.6 Å². The number of nitro groups is 1. The van der Waals surface area contributed by atoms with Gasteiger partial charge < -0.3 is 9.15 Å². The predicted molar refractivity (Wildman–Crippen MR) is 130 cm³/mol. The molecule has 2 aromatic carbocycles. The number of nitro benzene ring substituents is 1. The van der Waals surface area contributed by atoms with Gasteiger partial charge in [0.05, 0.1) is 33.6 Å². The van der Waals surface area contributed by atoms with Gasteiger partial charge >= 0.3 is 5.97 Å². The van der Waals surface area contributed by atoms with Crippen molar-refractivity contribution in [1.29, 1.82) is 0 Å². The van der Waals surface area contributed by atoms with E-state index in [0.29, 0.717) is 17.1 Å². The van der Waals surface area contributed by atoms with Gasteiger partial charge in [-0.1, -0.05) is 29.8 Å². The molecule has 2 heterocycles. The molecule has 0 bridgehead atoms. The van der Waals surface area contributed by atoms with E-state index in [1.807, 2.05) is 0 Å². The highest BCUT2D eigenvalue weighted by Gasteiger charge is 2.36. The predicted octanol–water partition coefficient (Wildman–Crippen LogP) is 5.92. The number of para-hydroxylation sites is 1. The molecule has 0 N–H and O–H groups in total. The highest BCUT2D eigenvalue weighted by atomic mass is 35.5. The highest BCUT2D eigenvalue weighted by molar-refractivity contribution is 8.18. The Bertz CT molecular complexity index is 1380. The maximum absolute atomic E-state index is 12.8. The first-order chi connectivity index (χ1) is 16.8. The summed E-state index contributed by atoms with van der Waals surface area (Å²) in [6.07, 6.45) is 1.43. The number of imide groups is 1. The number of hydrogen-bond donors (Lipinski definition) is 0. The monoisotopic (exact) mass is 512 g/mol. The van der Waals surface area contributed by atoms with Crippen molar-refractivity contribution in [2.75, 3.05) is 6.61 Å². The average Bonchev–Trinajstić information content (AvgIpc) is 3.40. The van der Waals surface area contributed by atoms with Crippen LogP contribution < -0.4 is 0 Å². The zero-order chi connectivity index (χ0) is 25.1. The third-order valence-corrected chi connectivity index (χ3v) is 6.27. The smallest absolute Gasteiger partial charge is 0.339 e. The number of thioether (sulfide) groups is 1. The van der Waals surface area contributed by atoms with Crippen LogP contribution in [0.3, 0.4) is 0 Å². The summed E-state index contributed by atoms with van der Waals surface area (Å²) in [6.45, 7) is 1.68. The third kappa shape index (κ3) is 5.13. The van der Waals surface area contributed by atoms with E-state index in [0.717, 1.165) is 16.7 Å². The number of ether oxygens (including phenoxy) is 1. The summed E-state index contributed by atoms with van der Waals surface area (Å²) in [5, 5.41) is 11.0. The minimum Gasteiger partial charge on any atom is -0.462 e. The second-order valence-corrected chi connectivity index (χ2v) is 8.67. The molecule has 4 rings (SSSR count). The van der Waals surface area contributed by atoms with E-state index in [4.69, 9.17) is 20.8 Å². The molecule has 178 valence electrons. The first kappa shape index (κ1) is 24.2. The molecule has 0 saturated carbocycles. The zero-order valence-corrected chi connectivity index (χ0v) is 19.8. The minimum atomic E-state index is -0.577. The molecule has 35 heavy (non-hydrogen) atoms. The number of carbonyl (C=O) groups is 3. The Balaban J connectivity index is 1.55. The topological polar surface area (TPSA) is 120 Å². The molecule has 0 aliphatic carbocycles. The Morgan fingerprint density at radius 3 is 2.71 bits per heavy atom. The van der Waals surface area contributed by atoms with Crippen molar-refractivity contribution in [2.24, 2.45) is 0 Å². The van der Waals surface area contributed by atoms with Crippen LogP contribution in [0.4, 0.5) is 10.5 Å². The van der Waals surface area contributed by atoms with Crippen LogP contribution >= 0.6 is 23.4 Å². The summed E-state index contributed by atoms with van der Waals surface area (Å²) < 4.78 is 10.8. The summed E-state index contributed by atoms with van der Waals surface area (Å²) in [5.74, 6) is -0.410. The van der Waals surface area contributed by atoms with Gasteiger partial charge in [-0.05, 0) is 49.0 Å². The van der Waals surface area contributed by atoms with Gasteiger partial charge in [-0.2, -0.15) is 0 Å². The average molecular weight is 513 g/mol. The van der Waals surface area contributed by atoms with Crippen molar-refractivity contribution < 1.29 is 28.5 Å². The Hall–Kier alpha value is -3.89. The second kappa shape index (κ2) is 10.2. The number of halogens is 1. The fraction of sp³-hybridized carbons (Fsp3) is 0.125. The Morgan fingerprint density at radius 1 is 1.20 bits per heavy atom. The number of hydrogen-bond acceptors (Lipinski definition) is 8. The van der Waals surface area contributed by atoms with E-state index < -0.39 is 22.0 Å². The first-order valence-corrected chi connectivity index (χ1v) is 11.5. The molecule has 2 amide bonds. The molecule has 0 spiro atoms. The number of amides is 2. The van der Waals surface area contributed by atoms with Crippen molar-refractivity contribution in [3.8, 4) is 11.3 Å². The van der Waals surface area contributed by atoms with Gasteiger partial charge in [-0.3, -0.25) is 24.6 Å². The Morgan fingerprint density at radius 2 is 1.97 bits per heavy atom. The number of benzene rings is 2. The molecule has 0 radical (unpaired) electrons. The number of esters is 1. The van der Waals surface area contributed by atoms with Gasteiger partial charge in [0.25, 0.3) is 16.8 Å². The zero-order valence-electron chi connectivity index (χ0n) is 18.2. The summed E-state index contributed by atoms with van der Waals surface area (Å²) in [7, 11) is 0. The van der Waals surface area contributed by atoms with Gasteiger partial charge in [0.15, 0.2) is 0 Å². The molecule has 1 saturated heterocycles. The summed E-state index contributed by atoms with van der Waals surface area (Å²) in [4.78, 5) is 49.2. The highest BCUT2D eigenvalue weighted by Crippen LogP contribution is 2.35. The lowest BCUT2D eigenvalue weighted by Gasteiger charge is -2.12. The second-order valence-electron chi connectivity index (χ2n) is 7.27. The van der Waals surface area contributed by atoms with Crippen LogP contribution in [0.5, 0.6) is 0 Å². The van der Waals surface area contributed by atoms with E-state index in [1.165, 1.54) is 24.3 Å². The van der Waals surface area contributed by atoms with Gasteiger partial charge in [0.2, 0.25) is 0 Å². The van der Waals surface area contributed by atoms with Crippen molar-refractivity contribution in [3.05, 3.63) is 91.5 Å². The molecule has 9 nitrogen and oxygen atoms in total. The molecule has 0 unspecified atom stereocenters. The minimum absolute atomic E-state index is 0.123. The van der Waals surface area contributed by atoms with Crippen molar-refractivity contribution in [1.82, 2.24) is 4.90 Å². The fourth-order valence-corrected chi connectivity index (χ4v) is 4.40. The summed E-state index contributed by atoms with van der Waals surface area (Å²) >= 11 is 6.83.